The number of H-pyrrole nitrogens is 1. The van der Waals surface area contributed by atoms with Crippen molar-refractivity contribution in [1.82, 2.24) is 15.3 Å². The minimum Gasteiger partial charge on any atom is -0.428 e. The zero-order valence-electron chi connectivity index (χ0n) is 16.9. The number of fused-ring (bicyclic) bond motifs is 2. The van der Waals surface area contributed by atoms with Crippen molar-refractivity contribution >= 4 is 89.8 Å². The molecule has 3 heterocycles. The highest BCUT2D eigenvalue weighted by Gasteiger charge is 2.30. The number of benzene rings is 2. The molecule has 1 atom stereocenters. The van der Waals surface area contributed by atoms with E-state index < -0.39 is 29.0 Å². The third kappa shape index (κ3) is 4.50. The Morgan fingerprint density at radius 3 is 2.65 bits per heavy atom. The Balaban J connectivity index is 0.000000192. The number of oxazole rings is 2. The molecule has 1 fully saturated rings. The predicted octanol–water partition coefficient (Wildman–Crippen LogP) is 6.43. The van der Waals surface area contributed by atoms with Crippen LogP contribution in [0.25, 0.3) is 22.2 Å². The average Bonchev–Trinajstić information content (AvgIpc) is 3.40. The summed E-state index contributed by atoms with van der Waals surface area (Å²) in [5.41, 5.74) is 1.16. The molecule has 1 saturated heterocycles. The second kappa shape index (κ2) is 9.74. The predicted molar refractivity (Wildman–Crippen MR) is 130 cm³/mol. The van der Waals surface area contributed by atoms with Crippen LogP contribution in [0.2, 0.25) is 5.02 Å². The van der Waals surface area contributed by atoms with Crippen molar-refractivity contribution in [2.24, 2.45) is 0 Å². The van der Waals surface area contributed by atoms with Crippen molar-refractivity contribution in [1.29, 1.82) is 0 Å². The highest BCUT2D eigenvalue weighted by atomic mass is 79.9. The van der Waals surface area contributed by atoms with E-state index in [1.54, 1.807) is 29.9 Å². The van der Waals surface area contributed by atoms with E-state index in [0.717, 1.165) is 9.99 Å². The molecule has 0 bridgehead atoms. The van der Waals surface area contributed by atoms with Gasteiger partial charge in [0.05, 0.1) is 16.0 Å². The normalized spacial score (nSPS) is 15.8. The Hall–Kier alpha value is -2.31. The monoisotopic (exact) mass is 638 g/mol. The van der Waals surface area contributed by atoms with E-state index in [4.69, 9.17) is 32.7 Å². The Kier molecular flexibility index (Phi) is 7.11. The number of nitrogens with zero attached hydrogens (tertiary/aromatic N) is 2. The Bertz CT molecular complexity index is 1490. The fourth-order valence-electron chi connectivity index (χ4n) is 3.30. The van der Waals surface area contributed by atoms with Crippen LogP contribution in [0.3, 0.4) is 0 Å². The highest BCUT2D eigenvalue weighted by molar-refractivity contribution is 9.11. The molecule has 2 N–H and O–H groups in total. The number of hydrogen-bond donors (Lipinski definition) is 2. The van der Waals surface area contributed by atoms with Crippen LogP contribution < -0.4 is 10.2 Å². The van der Waals surface area contributed by atoms with Gasteiger partial charge in [-0.05, 0) is 63.1 Å². The molecule has 0 amide bonds. The van der Waals surface area contributed by atoms with E-state index in [1.807, 2.05) is 0 Å². The summed E-state index contributed by atoms with van der Waals surface area (Å²) < 4.78 is 51.8. The lowest BCUT2D eigenvalue weighted by atomic mass is 10.2. The number of aromatic amines is 1. The number of piperazine rings is 1. The fraction of sp³-hybridized carbons (Fsp3) is 0.200. The van der Waals surface area contributed by atoms with Crippen LogP contribution in [0.15, 0.2) is 35.6 Å². The van der Waals surface area contributed by atoms with E-state index in [9.17, 15) is 18.0 Å². The van der Waals surface area contributed by atoms with Gasteiger partial charge in [-0.2, -0.15) is 4.98 Å². The van der Waals surface area contributed by atoms with Crippen LogP contribution in [-0.4, -0.2) is 35.0 Å². The van der Waals surface area contributed by atoms with Gasteiger partial charge in [0.1, 0.15) is 16.1 Å². The van der Waals surface area contributed by atoms with Crippen molar-refractivity contribution in [2.45, 2.75) is 13.0 Å². The van der Waals surface area contributed by atoms with Gasteiger partial charge in [-0.25, -0.2) is 18.0 Å². The Morgan fingerprint density at radius 2 is 1.94 bits per heavy atom. The minimum absolute atomic E-state index is 0.0265. The molecule has 4 aromatic rings. The molecule has 1 unspecified atom stereocenters. The summed E-state index contributed by atoms with van der Waals surface area (Å²) in [6.07, 6.45) is 0. The molecule has 2 aromatic heterocycles. The molecule has 14 heteroatoms. The number of nitrogens with one attached hydrogen (secondary N) is 2. The number of aromatic nitrogens is 2. The summed E-state index contributed by atoms with van der Waals surface area (Å²) in [7, 11) is 0. The molecule has 5 rings (SSSR count). The van der Waals surface area contributed by atoms with Crippen molar-refractivity contribution in [3.05, 3.63) is 54.1 Å². The van der Waals surface area contributed by atoms with Crippen molar-refractivity contribution < 1.29 is 26.8 Å². The first-order valence-electron chi connectivity index (χ1n) is 9.48. The maximum atomic E-state index is 13.8. The van der Waals surface area contributed by atoms with Crippen LogP contribution in [-0.2, 0) is 4.79 Å². The molecule has 0 spiro atoms. The largest absolute Gasteiger partial charge is 0.428 e. The first-order valence-corrected chi connectivity index (χ1v) is 11.9. The molecule has 0 saturated carbocycles. The topological polar surface area (TPSA) is 87.3 Å². The first kappa shape index (κ1) is 24.8. The van der Waals surface area contributed by atoms with Crippen LogP contribution in [0.4, 0.5) is 19.2 Å². The lowest BCUT2D eigenvalue weighted by Gasteiger charge is -2.33. The van der Waals surface area contributed by atoms with E-state index >= 15 is 0 Å². The van der Waals surface area contributed by atoms with Crippen LogP contribution in [0, 0.1) is 22.3 Å². The second-order valence-corrected chi connectivity index (χ2v) is 9.48. The molecular formula is C20H12Br2ClF3N4O3S. The zero-order valence-corrected chi connectivity index (χ0v) is 21.7. The van der Waals surface area contributed by atoms with Gasteiger partial charge in [0.2, 0.25) is 0 Å². The summed E-state index contributed by atoms with van der Waals surface area (Å²) in [6, 6.07) is 3.06. The lowest BCUT2D eigenvalue weighted by molar-refractivity contribution is 0.447. The van der Waals surface area contributed by atoms with Crippen LogP contribution in [0.5, 0.6) is 0 Å². The van der Waals surface area contributed by atoms with Gasteiger partial charge < -0.3 is 24.0 Å². The SMILES string of the molecule is CC1C(=C=O)NCCN1c1nc2c(F)c(F)c(F)c(Br)c2o1.S=c1[nH]c2cc(Cl)cc(Br)c2o1. The molecule has 0 radical (unpaired) electrons. The van der Waals surface area contributed by atoms with E-state index in [-0.39, 0.29) is 16.1 Å². The number of rotatable bonds is 1. The van der Waals surface area contributed by atoms with E-state index in [1.165, 1.54) is 0 Å². The third-order valence-corrected chi connectivity index (χ3v) is 6.65. The van der Waals surface area contributed by atoms with Crippen molar-refractivity contribution in [3.63, 3.8) is 0 Å². The summed E-state index contributed by atoms with van der Waals surface area (Å²) in [5.74, 6) is -2.65. The van der Waals surface area contributed by atoms with Gasteiger partial charge in [0.15, 0.2) is 34.1 Å². The van der Waals surface area contributed by atoms with Gasteiger partial charge in [-0.15, -0.1) is 0 Å². The minimum atomic E-state index is -1.62. The van der Waals surface area contributed by atoms with Gasteiger partial charge >= 0.3 is 0 Å². The smallest absolute Gasteiger partial charge is 0.299 e. The van der Waals surface area contributed by atoms with E-state index in [2.05, 4.69) is 47.1 Å². The molecular weight excluding hydrogens is 629 g/mol. The number of carbonyl (C=O) groups excluding carboxylic acids is 1. The molecule has 1 aliphatic rings. The molecule has 2 aromatic carbocycles. The summed E-state index contributed by atoms with van der Waals surface area (Å²) in [4.78, 5) is 19.6. The number of anilines is 1. The molecule has 1 aliphatic heterocycles. The summed E-state index contributed by atoms with van der Waals surface area (Å²) >= 11 is 16.8. The summed E-state index contributed by atoms with van der Waals surface area (Å²) in [5, 5.41) is 3.51. The third-order valence-electron chi connectivity index (χ3n) is 4.95. The maximum absolute atomic E-state index is 13.8. The average molecular weight is 641 g/mol. The van der Waals surface area contributed by atoms with Crippen molar-refractivity contribution in [2.75, 3.05) is 18.0 Å². The standard InChI is InChI=1S/C13H9BrF3N3O2.C7H3BrClNOS/c1-5-6(4-21)18-2-3-20(5)13-19-11-10(17)9(16)8(15)7(14)12(11)22-13;8-4-1-3(9)2-5-6(4)11-7(12)10-5/h5,18H,2-3H2,1H3;1-2H,(H,10,12). The van der Waals surface area contributed by atoms with Gasteiger partial charge in [0, 0.05) is 18.1 Å². The van der Waals surface area contributed by atoms with Crippen LogP contribution >= 0.6 is 55.7 Å². The number of halogens is 6. The maximum Gasteiger partial charge on any atom is 0.299 e. The molecule has 34 heavy (non-hydrogen) atoms. The zero-order chi connectivity index (χ0) is 24.7. The number of hydrogen-bond acceptors (Lipinski definition) is 7. The Labute approximate surface area is 216 Å². The lowest BCUT2D eigenvalue weighted by Crippen LogP contribution is -2.48. The highest BCUT2D eigenvalue weighted by Crippen LogP contribution is 2.35. The fourth-order valence-corrected chi connectivity index (χ4v) is 4.83. The van der Waals surface area contributed by atoms with Gasteiger partial charge in [-0.1, -0.05) is 11.6 Å². The Morgan fingerprint density at radius 1 is 1.21 bits per heavy atom. The first-order chi connectivity index (χ1) is 16.1. The van der Waals surface area contributed by atoms with Crippen LogP contribution in [0.1, 0.15) is 6.92 Å². The van der Waals surface area contributed by atoms with Gasteiger partial charge in [0.25, 0.3) is 10.9 Å². The molecule has 0 aliphatic carbocycles. The molecule has 178 valence electrons. The van der Waals surface area contributed by atoms with E-state index in [0.29, 0.717) is 34.2 Å². The molecule has 7 nitrogen and oxygen atoms in total. The second-order valence-electron chi connectivity index (χ2n) is 7.02. The quantitative estimate of drug-likeness (QED) is 0.107. The summed E-state index contributed by atoms with van der Waals surface area (Å²) in [6.45, 7) is 2.55. The van der Waals surface area contributed by atoms with Crippen molar-refractivity contribution in [3.8, 4) is 0 Å². The van der Waals surface area contributed by atoms with Gasteiger partial charge in [-0.3, -0.25) is 0 Å².